The lowest BCUT2D eigenvalue weighted by Crippen LogP contribution is -2.07. The Morgan fingerprint density at radius 1 is 0.808 bits per heavy atom. The van der Waals surface area contributed by atoms with Crippen molar-refractivity contribution in [2.75, 3.05) is 0 Å². The van der Waals surface area contributed by atoms with Crippen LogP contribution >= 0.6 is 0 Å². The maximum absolute atomic E-state index is 10.6. The first-order valence-electron chi connectivity index (χ1n) is 9.54. The lowest BCUT2D eigenvalue weighted by molar-refractivity contribution is 0.199. The van der Waals surface area contributed by atoms with Crippen molar-refractivity contribution in [1.82, 2.24) is 0 Å². The molecule has 0 bridgehead atoms. The van der Waals surface area contributed by atoms with E-state index in [1.807, 2.05) is 6.07 Å². The molecule has 0 unspecified atom stereocenters. The fraction of sp³-hybridized carbons (Fsp3) is 0.240. The van der Waals surface area contributed by atoms with Crippen LogP contribution in [0.5, 0.6) is 0 Å². The molecule has 1 heteroatoms. The molecule has 0 heterocycles. The summed E-state index contributed by atoms with van der Waals surface area (Å²) in [6.45, 7) is 0. The van der Waals surface area contributed by atoms with E-state index in [9.17, 15) is 5.11 Å². The molecule has 1 nitrogen and oxygen atoms in total. The van der Waals surface area contributed by atoms with Gasteiger partial charge in [-0.1, -0.05) is 85.6 Å². The van der Waals surface area contributed by atoms with Gasteiger partial charge < -0.3 is 5.11 Å². The van der Waals surface area contributed by atoms with Gasteiger partial charge in [0.25, 0.3) is 0 Å². The zero-order valence-corrected chi connectivity index (χ0v) is 15.0. The smallest absolute Gasteiger partial charge is 0.0824 e. The molecule has 3 aromatic carbocycles. The molecule has 1 fully saturated rings. The van der Waals surface area contributed by atoms with Crippen LogP contribution < -0.4 is 0 Å². The van der Waals surface area contributed by atoms with Crippen molar-refractivity contribution in [2.24, 2.45) is 0 Å². The van der Waals surface area contributed by atoms with E-state index in [2.05, 4.69) is 72.5 Å². The quantitative estimate of drug-likeness (QED) is 0.440. The average Bonchev–Trinajstić information content (AvgIpc) is 2.90. The molecule has 26 heavy (non-hydrogen) atoms. The van der Waals surface area contributed by atoms with Gasteiger partial charge in [0.15, 0.2) is 0 Å². The van der Waals surface area contributed by atoms with Crippen LogP contribution in [0.15, 0.2) is 84.1 Å². The maximum atomic E-state index is 10.6. The summed E-state index contributed by atoms with van der Waals surface area (Å²) in [4.78, 5) is 0. The van der Waals surface area contributed by atoms with E-state index >= 15 is 0 Å². The largest absolute Gasteiger partial charge is 0.388 e. The van der Waals surface area contributed by atoms with Crippen molar-refractivity contribution in [2.45, 2.75) is 38.2 Å². The van der Waals surface area contributed by atoms with E-state index in [4.69, 9.17) is 0 Å². The summed E-state index contributed by atoms with van der Waals surface area (Å²) in [6, 6.07) is 25.3. The van der Waals surface area contributed by atoms with Crippen molar-refractivity contribution in [1.29, 1.82) is 0 Å². The maximum Gasteiger partial charge on any atom is 0.0824 e. The third-order valence-electron chi connectivity index (χ3n) is 5.23. The van der Waals surface area contributed by atoms with Crippen molar-refractivity contribution in [3.05, 3.63) is 95.2 Å². The molecule has 1 aliphatic rings. The first kappa shape index (κ1) is 16.8. The standard InChI is InChI=1S/C25H24O/c26-25-17-6-2-5-13-21(25)18-24(20-10-3-1-4-11-20)23-16-9-14-19-12-7-8-15-22(19)23/h1,3-4,7-12,14-16,25-26H,2,5-6,13,17H2/t18?,25-/m1/s1. The van der Waals surface area contributed by atoms with E-state index < -0.39 is 0 Å². The Hall–Kier alpha value is -2.60. The Bertz CT molecular complexity index is 956. The molecule has 3 aromatic rings. The molecule has 4 rings (SSSR count). The highest BCUT2D eigenvalue weighted by atomic mass is 16.3. The Kier molecular flexibility index (Phi) is 5.02. The van der Waals surface area contributed by atoms with Gasteiger partial charge in [-0.25, -0.2) is 0 Å². The second-order valence-electron chi connectivity index (χ2n) is 7.03. The number of aliphatic hydroxyl groups excluding tert-OH is 1. The first-order chi connectivity index (χ1) is 12.8. The highest BCUT2D eigenvalue weighted by molar-refractivity contribution is 5.97. The van der Waals surface area contributed by atoms with Crippen molar-refractivity contribution >= 4 is 16.3 Å². The van der Waals surface area contributed by atoms with E-state index in [0.29, 0.717) is 0 Å². The molecule has 1 aliphatic carbocycles. The molecule has 1 atom stereocenters. The molecule has 0 aliphatic heterocycles. The number of rotatable bonds is 2. The second kappa shape index (κ2) is 7.74. The van der Waals surface area contributed by atoms with Gasteiger partial charge in [0.2, 0.25) is 0 Å². The average molecular weight is 340 g/mol. The minimum absolute atomic E-state index is 0.369. The van der Waals surface area contributed by atoms with Gasteiger partial charge in [-0.05, 0) is 41.2 Å². The third kappa shape index (κ3) is 3.51. The Balaban J connectivity index is 1.99. The van der Waals surface area contributed by atoms with Gasteiger partial charge in [0.1, 0.15) is 0 Å². The van der Waals surface area contributed by atoms with Crippen LogP contribution in [0.4, 0.5) is 0 Å². The lowest BCUT2D eigenvalue weighted by Gasteiger charge is -2.13. The monoisotopic (exact) mass is 340 g/mol. The normalized spacial score (nSPS) is 17.6. The molecule has 0 spiro atoms. The van der Waals surface area contributed by atoms with Gasteiger partial charge in [0.05, 0.1) is 6.10 Å². The van der Waals surface area contributed by atoms with Crippen molar-refractivity contribution in [3.63, 3.8) is 0 Å². The number of hydrogen-bond donors (Lipinski definition) is 1. The van der Waals surface area contributed by atoms with E-state index in [0.717, 1.165) is 42.4 Å². The Morgan fingerprint density at radius 2 is 1.58 bits per heavy atom. The second-order valence-corrected chi connectivity index (χ2v) is 7.03. The van der Waals surface area contributed by atoms with E-state index in [-0.39, 0.29) is 6.10 Å². The molecule has 0 aromatic heterocycles. The van der Waals surface area contributed by atoms with Gasteiger partial charge in [0, 0.05) is 11.1 Å². The minimum atomic E-state index is -0.369. The molecular weight excluding hydrogens is 316 g/mol. The molecule has 130 valence electrons. The van der Waals surface area contributed by atoms with Crippen LogP contribution in [-0.2, 0) is 0 Å². The molecule has 1 saturated carbocycles. The van der Waals surface area contributed by atoms with Crippen LogP contribution in [0.25, 0.3) is 16.3 Å². The summed E-state index contributed by atoms with van der Waals surface area (Å²) >= 11 is 0. The minimum Gasteiger partial charge on any atom is -0.388 e. The predicted molar refractivity (Wildman–Crippen MR) is 109 cm³/mol. The fourth-order valence-corrected chi connectivity index (χ4v) is 3.82. The van der Waals surface area contributed by atoms with Gasteiger partial charge in [-0.3, -0.25) is 0 Å². The van der Waals surface area contributed by atoms with Crippen LogP contribution in [-0.4, -0.2) is 11.2 Å². The van der Waals surface area contributed by atoms with Gasteiger partial charge in [-0.15, -0.1) is 5.73 Å². The highest BCUT2D eigenvalue weighted by Gasteiger charge is 2.16. The van der Waals surface area contributed by atoms with Crippen molar-refractivity contribution in [3.8, 4) is 0 Å². The molecule has 1 N–H and O–H groups in total. The van der Waals surface area contributed by atoms with Crippen LogP contribution in [0.3, 0.4) is 0 Å². The van der Waals surface area contributed by atoms with E-state index in [1.165, 1.54) is 22.8 Å². The van der Waals surface area contributed by atoms with Crippen LogP contribution in [0, 0.1) is 0 Å². The third-order valence-corrected chi connectivity index (χ3v) is 5.23. The number of benzene rings is 3. The molecule has 0 saturated heterocycles. The number of aliphatic hydroxyl groups is 1. The van der Waals surface area contributed by atoms with E-state index in [1.54, 1.807) is 0 Å². The summed E-state index contributed by atoms with van der Waals surface area (Å²) in [6.07, 6.45) is 4.84. The summed E-state index contributed by atoms with van der Waals surface area (Å²) in [5, 5.41) is 13.0. The Morgan fingerprint density at radius 3 is 2.46 bits per heavy atom. The lowest BCUT2D eigenvalue weighted by atomic mass is 9.92. The predicted octanol–water partition coefficient (Wildman–Crippen LogP) is 6.12. The topological polar surface area (TPSA) is 20.2 Å². The molecular formula is C25H24O. The number of fused-ring (bicyclic) bond motifs is 1. The molecule has 0 radical (unpaired) electrons. The highest BCUT2D eigenvalue weighted by Crippen LogP contribution is 2.31. The summed E-state index contributed by atoms with van der Waals surface area (Å²) in [5.41, 5.74) is 8.11. The zero-order valence-electron chi connectivity index (χ0n) is 15.0. The van der Waals surface area contributed by atoms with Gasteiger partial charge in [-0.2, -0.15) is 0 Å². The van der Waals surface area contributed by atoms with Crippen LogP contribution in [0.1, 0.15) is 43.2 Å². The van der Waals surface area contributed by atoms with Crippen LogP contribution in [0.2, 0.25) is 0 Å². The number of hydrogen-bond acceptors (Lipinski definition) is 1. The summed E-state index contributed by atoms with van der Waals surface area (Å²) in [7, 11) is 0. The molecule has 0 amide bonds. The zero-order chi connectivity index (χ0) is 17.8. The summed E-state index contributed by atoms with van der Waals surface area (Å²) in [5.74, 6) is 0. The van der Waals surface area contributed by atoms with Gasteiger partial charge >= 0.3 is 0 Å². The fourth-order valence-electron chi connectivity index (χ4n) is 3.82. The SMILES string of the molecule is O[C@@H]1CCCCCC1=C=C(c1ccccc1)c1cccc2ccccc12. The van der Waals surface area contributed by atoms with Crippen molar-refractivity contribution < 1.29 is 5.11 Å². The Labute approximate surface area is 155 Å². The first-order valence-corrected chi connectivity index (χ1v) is 9.54. The summed E-state index contributed by atoms with van der Waals surface area (Å²) < 4.78 is 0.